The van der Waals surface area contributed by atoms with Crippen LogP contribution in [0.5, 0.6) is 0 Å². The standard InChI is InChI=1S/C9H18N2/c1-11-7-5-9(8-11)4-2-3-6-10-9/h10H,2-8H2,1H3. The summed E-state index contributed by atoms with van der Waals surface area (Å²) in [7, 11) is 2.23. The Kier molecular flexibility index (Phi) is 1.90. The Labute approximate surface area is 69.0 Å². The molecule has 11 heavy (non-hydrogen) atoms. The van der Waals surface area contributed by atoms with Crippen molar-refractivity contribution in [2.24, 2.45) is 0 Å². The first-order valence-corrected chi connectivity index (χ1v) is 4.74. The molecular weight excluding hydrogens is 136 g/mol. The first kappa shape index (κ1) is 7.56. The van der Waals surface area contributed by atoms with Gasteiger partial charge in [0.25, 0.3) is 0 Å². The molecule has 2 rings (SSSR count). The lowest BCUT2D eigenvalue weighted by Gasteiger charge is -2.34. The minimum atomic E-state index is 0.521. The van der Waals surface area contributed by atoms with Crippen LogP contribution in [0, 0.1) is 0 Å². The van der Waals surface area contributed by atoms with Gasteiger partial charge in [-0.15, -0.1) is 0 Å². The van der Waals surface area contributed by atoms with E-state index >= 15 is 0 Å². The zero-order chi connectivity index (χ0) is 7.73. The molecule has 0 aromatic rings. The van der Waals surface area contributed by atoms with Crippen LogP contribution in [-0.2, 0) is 0 Å². The molecule has 0 aliphatic carbocycles. The molecule has 0 aromatic carbocycles. The van der Waals surface area contributed by atoms with Gasteiger partial charge in [0.05, 0.1) is 0 Å². The largest absolute Gasteiger partial charge is 0.310 e. The number of hydrogen-bond donors (Lipinski definition) is 1. The fraction of sp³-hybridized carbons (Fsp3) is 1.00. The number of piperidine rings is 1. The van der Waals surface area contributed by atoms with Crippen molar-refractivity contribution in [1.82, 2.24) is 10.2 Å². The van der Waals surface area contributed by atoms with Gasteiger partial charge in [0.15, 0.2) is 0 Å². The number of nitrogens with one attached hydrogen (secondary N) is 1. The quantitative estimate of drug-likeness (QED) is 0.556. The second kappa shape index (κ2) is 2.76. The zero-order valence-corrected chi connectivity index (χ0v) is 7.40. The average Bonchev–Trinajstić information content (AvgIpc) is 2.34. The van der Waals surface area contributed by atoms with Crippen molar-refractivity contribution >= 4 is 0 Å². The molecular formula is C9H18N2. The summed E-state index contributed by atoms with van der Waals surface area (Å²) < 4.78 is 0. The van der Waals surface area contributed by atoms with Crippen LogP contribution in [0.3, 0.4) is 0 Å². The van der Waals surface area contributed by atoms with Crippen molar-refractivity contribution in [3.63, 3.8) is 0 Å². The molecule has 0 amide bonds. The predicted octanol–water partition coefficient (Wildman–Crippen LogP) is 0.834. The second-order valence-electron chi connectivity index (χ2n) is 4.15. The van der Waals surface area contributed by atoms with Crippen LogP contribution in [-0.4, -0.2) is 37.1 Å². The van der Waals surface area contributed by atoms with E-state index in [4.69, 9.17) is 0 Å². The lowest BCUT2D eigenvalue weighted by atomic mass is 9.88. The number of hydrogen-bond acceptors (Lipinski definition) is 2. The fourth-order valence-corrected chi connectivity index (χ4v) is 2.46. The summed E-state index contributed by atoms with van der Waals surface area (Å²) in [4.78, 5) is 2.44. The molecule has 0 radical (unpaired) electrons. The Hall–Kier alpha value is -0.0800. The third-order valence-corrected chi connectivity index (χ3v) is 3.13. The van der Waals surface area contributed by atoms with Crippen LogP contribution in [0.2, 0.25) is 0 Å². The van der Waals surface area contributed by atoms with Crippen LogP contribution < -0.4 is 5.32 Å². The van der Waals surface area contributed by atoms with E-state index in [2.05, 4.69) is 17.3 Å². The van der Waals surface area contributed by atoms with Gasteiger partial charge in [-0.1, -0.05) is 6.42 Å². The number of likely N-dealkylation sites (tertiary alicyclic amines) is 1. The molecule has 2 heterocycles. The Bertz CT molecular complexity index is 133. The Morgan fingerprint density at radius 3 is 2.73 bits per heavy atom. The molecule has 2 fully saturated rings. The van der Waals surface area contributed by atoms with E-state index in [1.165, 1.54) is 45.3 Å². The highest BCUT2D eigenvalue weighted by Crippen LogP contribution is 2.28. The van der Waals surface area contributed by atoms with Crippen LogP contribution in [0.4, 0.5) is 0 Å². The van der Waals surface area contributed by atoms with Crippen LogP contribution in [0.15, 0.2) is 0 Å². The molecule has 2 heteroatoms. The Morgan fingerprint density at radius 1 is 1.27 bits per heavy atom. The number of likely N-dealkylation sites (N-methyl/N-ethyl adjacent to an activating group) is 1. The molecule has 0 saturated carbocycles. The van der Waals surface area contributed by atoms with Gasteiger partial charge in [-0.25, -0.2) is 0 Å². The van der Waals surface area contributed by atoms with Gasteiger partial charge >= 0.3 is 0 Å². The van der Waals surface area contributed by atoms with E-state index < -0.39 is 0 Å². The summed E-state index contributed by atoms with van der Waals surface area (Å²) in [5, 5.41) is 3.68. The highest BCUT2D eigenvalue weighted by molar-refractivity contribution is 4.97. The van der Waals surface area contributed by atoms with E-state index in [1.807, 2.05) is 0 Å². The van der Waals surface area contributed by atoms with Crippen molar-refractivity contribution in [2.45, 2.75) is 31.2 Å². The Balaban J connectivity index is 1.98. The monoisotopic (exact) mass is 154 g/mol. The highest BCUT2D eigenvalue weighted by Gasteiger charge is 2.36. The maximum absolute atomic E-state index is 3.68. The van der Waals surface area contributed by atoms with E-state index in [9.17, 15) is 0 Å². The van der Waals surface area contributed by atoms with Gasteiger partial charge in [-0.2, -0.15) is 0 Å². The first-order chi connectivity index (χ1) is 5.31. The van der Waals surface area contributed by atoms with Gasteiger partial charge in [-0.05, 0) is 39.4 Å². The van der Waals surface area contributed by atoms with Crippen molar-refractivity contribution in [3.05, 3.63) is 0 Å². The molecule has 2 aliphatic heterocycles. The number of rotatable bonds is 0. The molecule has 1 unspecified atom stereocenters. The van der Waals surface area contributed by atoms with Gasteiger partial charge in [0.2, 0.25) is 0 Å². The summed E-state index contributed by atoms with van der Waals surface area (Å²) in [6, 6.07) is 0. The third kappa shape index (κ3) is 1.42. The summed E-state index contributed by atoms with van der Waals surface area (Å²) in [5.74, 6) is 0. The van der Waals surface area contributed by atoms with Crippen LogP contribution >= 0.6 is 0 Å². The van der Waals surface area contributed by atoms with E-state index in [0.29, 0.717) is 5.54 Å². The van der Waals surface area contributed by atoms with E-state index in [0.717, 1.165) is 0 Å². The van der Waals surface area contributed by atoms with Gasteiger partial charge in [0.1, 0.15) is 0 Å². The van der Waals surface area contributed by atoms with Crippen LogP contribution in [0.25, 0.3) is 0 Å². The van der Waals surface area contributed by atoms with Crippen molar-refractivity contribution in [2.75, 3.05) is 26.7 Å². The molecule has 1 atom stereocenters. The first-order valence-electron chi connectivity index (χ1n) is 4.74. The van der Waals surface area contributed by atoms with Crippen LogP contribution in [0.1, 0.15) is 25.7 Å². The van der Waals surface area contributed by atoms with Crippen molar-refractivity contribution in [1.29, 1.82) is 0 Å². The molecule has 2 aliphatic rings. The summed E-state index contributed by atoms with van der Waals surface area (Å²) in [6.45, 7) is 3.80. The van der Waals surface area contributed by atoms with E-state index in [1.54, 1.807) is 0 Å². The predicted molar refractivity (Wildman–Crippen MR) is 46.7 cm³/mol. The van der Waals surface area contributed by atoms with Crippen molar-refractivity contribution < 1.29 is 0 Å². The van der Waals surface area contributed by atoms with Crippen molar-refractivity contribution in [3.8, 4) is 0 Å². The molecule has 2 nitrogen and oxygen atoms in total. The molecule has 1 spiro atoms. The van der Waals surface area contributed by atoms with Gasteiger partial charge < -0.3 is 10.2 Å². The average molecular weight is 154 g/mol. The fourth-order valence-electron chi connectivity index (χ4n) is 2.46. The van der Waals surface area contributed by atoms with E-state index in [-0.39, 0.29) is 0 Å². The smallest absolute Gasteiger partial charge is 0.0320 e. The van der Waals surface area contributed by atoms with Gasteiger partial charge in [-0.3, -0.25) is 0 Å². The lowest BCUT2D eigenvalue weighted by Crippen LogP contribution is -2.50. The third-order valence-electron chi connectivity index (χ3n) is 3.13. The normalized spacial score (nSPS) is 40.1. The minimum Gasteiger partial charge on any atom is -0.310 e. The molecule has 1 N–H and O–H groups in total. The topological polar surface area (TPSA) is 15.3 Å². The van der Waals surface area contributed by atoms with Gasteiger partial charge in [0, 0.05) is 12.1 Å². The molecule has 2 saturated heterocycles. The summed E-state index contributed by atoms with van der Waals surface area (Å²) in [5.41, 5.74) is 0.521. The second-order valence-corrected chi connectivity index (χ2v) is 4.15. The number of nitrogens with zero attached hydrogens (tertiary/aromatic N) is 1. The molecule has 0 aromatic heterocycles. The lowest BCUT2D eigenvalue weighted by molar-refractivity contribution is 0.253. The maximum Gasteiger partial charge on any atom is 0.0320 e. The summed E-state index contributed by atoms with van der Waals surface area (Å²) in [6.07, 6.45) is 5.58. The molecule has 64 valence electrons. The molecule has 0 bridgehead atoms. The SMILES string of the molecule is CN1CCC2(CCCCN2)C1. The maximum atomic E-state index is 3.68. The Morgan fingerprint density at radius 2 is 2.18 bits per heavy atom. The minimum absolute atomic E-state index is 0.521. The zero-order valence-electron chi connectivity index (χ0n) is 7.40. The highest BCUT2D eigenvalue weighted by atomic mass is 15.2. The summed E-state index contributed by atoms with van der Waals surface area (Å²) >= 11 is 0.